The van der Waals surface area contributed by atoms with E-state index in [1.54, 1.807) is 6.07 Å². The molecule has 2 aromatic rings. The number of aryl methyl sites for hydroxylation is 2. The Morgan fingerprint density at radius 2 is 1.76 bits per heavy atom. The fourth-order valence-electron chi connectivity index (χ4n) is 4.03. The first-order chi connectivity index (χ1) is 13.8. The first kappa shape index (κ1) is 21.1. The molecule has 2 aromatic carbocycles. The third kappa shape index (κ3) is 4.36. The molecule has 1 saturated carbocycles. The Hall–Kier alpha value is -2.62. The molecular weight excluding hydrogens is 364 g/mol. The van der Waals surface area contributed by atoms with Crippen LogP contribution in [0.1, 0.15) is 60.2 Å². The van der Waals surface area contributed by atoms with E-state index in [9.17, 15) is 9.59 Å². The second kappa shape index (κ2) is 8.81. The number of esters is 2. The summed E-state index contributed by atoms with van der Waals surface area (Å²) < 4.78 is 11.7. The van der Waals surface area contributed by atoms with Crippen LogP contribution in [0.3, 0.4) is 0 Å². The van der Waals surface area contributed by atoms with Crippen molar-refractivity contribution in [1.82, 2.24) is 0 Å². The number of carbonyl (C=O) groups excluding carboxylic acids is 2. The lowest BCUT2D eigenvalue weighted by molar-refractivity contribution is -0.155. The summed E-state index contributed by atoms with van der Waals surface area (Å²) in [7, 11) is 0. The quantitative estimate of drug-likeness (QED) is 0.636. The molecule has 0 heterocycles. The molecular formula is C25H30O4. The minimum absolute atomic E-state index is 0.239. The van der Waals surface area contributed by atoms with Crippen LogP contribution in [0.25, 0.3) is 0 Å². The maximum Gasteiger partial charge on any atom is 0.338 e. The van der Waals surface area contributed by atoms with E-state index in [1.807, 2.05) is 70.2 Å². The zero-order valence-corrected chi connectivity index (χ0v) is 17.7. The van der Waals surface area contributed by atoms with Crippen molar-refractivity contribution in [3.8, 4) is 0 Å². The van der Waals surface area contributed by atoms with E-state index in [2.05, 4.69) is 0 Å². The van der Waals surface area contributed by atoms with Crippen LogP contribution in [0, 0.1) is 19.8 Å². The number of ether oxygens (including phenoxy) is 2. The van der Waals surface area contributed by atoms with Crippen molar-refractivity contribution in [2.45, 2.75) is 58.5 Å². The van der Waals surface area contributed by atoms with E-state index in [0.29, 0.717) is 25.0 Å². The molecule has 4 heteroatoms. The Morgan fingerprint density at radius 1 is 1.07 bits per heavy atom. The van der Waals surface area contributed by atoms with Gasteiger partial charge in [0.05, 0.1) is 12.2 Å². The highest BCUT2D eigenvalue weighted by atomic mass is 16.6. The highest BCUT2D eigenvalue weighted by Crippen LogP contribution is 2.44. The minimum Gasteiger partial charge on any atom is -0.465 e. The van der Waals surface area contributed by atoms with Crippen molar-refractivity contribution in [2.24, 2.45) is 5.92 Å². The van der Waals surface area contributed by atoms with Gasteiger partial charge in [0.2, 0.25) is 0 Å². The molecule has 1 aliphatic carbocycles. The van der Waals surface area contributed by atoms with E-state index >= 15 is 0 Å². The second-order valence-electron chi connectivity index (χ2n) is 8.43. The van der Waals surface area contributed by atoms with Gasteiger partial charge < -0.3 is 9.47 Å². The van der Waals surface area contributed by atoms with E-state index in [1.165, 1.54) is 0 Å². The smallest absolute Gasteiger partial charge is 0.338 e. The number of carbonyl (C=O) groups is 2. The highest BCUT2D eigenvalue weighted by molar-refractivity contribution is 5.92. The molecule has 29 heavy (non-hydrogen) atoms. The van der Waals surface area contributed by atoms with Crippen molar-refractivity contribution in [1.29, 1.82) is 0 Å². The van der Waals surface area contributed by atoms with E-state index < -0.39 is 11.5 Å². The molecule has 0 radical (unpaired) electrons. The summed E-state index contributed by atoms with van der Waals surface area (Å²) in [6, 6.07) is 15.3. The van der Waals surface area contributed by atoms with Crippen molar-refractivity contribution in [3.05, 3.63) is 70.8 Å². The van der Waals surface area contributed by atoms with Crippen LogP contribution >= 0.6 is 0 Å². The summed E-state index contributed by atoms with van der Waals surface area (Å²) in [5.74, 6) is -0.443. The van der Waals surface area contributed by atoms with Crippen molar-refractivity contribution >= 4 is 11.9 Å². The molecule has 0 saturated heterocycles. The number of hydrogen-bond acceptors (Lipinski definition) is 4. The van der Waals surface area contributed by atoms with Crippen LogP contribution in [0.2, 0.25) is 0 Å². The Balaban J connectivity index is 1.95. The number of rotatable bonds is 6. The lowest BCUT2D eigenvalue weighted by Gasteiger charge is -2.33. The first-order valence-electron chi connectivity index (χ1n) is 10.4. The predicted octanol–water partition coefficient (Wildman–Crippen LogP) is 5.15. The SMILES string of the molecule is Cc1ccc(C2(C(=O)OCC(C)C)CCCC2OC(=O)c2ccccc2C)cc1. The van der Waals surface area contributed by atoms with E-state index in [0.717, 1.165) is 23.1 Å². The van der Waals surface area contributed by atoms with Crippen LogP contribution in [0.4, 0.5) is 0 Å². The van der Waals surface area contributed by atoms with Gasteiger partial charge in [-0.3, -0.25) is 4.79 Å². The van der Waals surface area contributed by atoms with Gasteiger partial charge in [-0.05, 0) is 56.2 Å². The molecule has 3 rings (SSSR count). The zero-order chi connectivity index (χ0) is 21.0. The molecule has 0 aromatic heterocycles. The monoisotopic (exact) mass is 394 g/mol. The van der Waals surface area contributed by atoms with Crippen LogP contribution in [0.15, 0.2) is 48.5 Å². The molecule has 2 unspecified atom stereocenters. The molecule has 1 aliphatic rings. The Morgan fingerprint density at radius 3 is 2.41 bits per heavy atom. The maximum atomic E-state index is 13.3. The molecule has 1 fully saturated rings. The Bertz CT molecular complexity index is 869. The zero-order valence-electron chi connectivity index (χ0n) is 17.7. The van der Waals surface area contributed by atoms with Gasteiger partial charge in [0.25, 0.3) is 0 Å². The molecule has 4 nitrogen and oxygen atoms in total. The van der Waals surface area contributed by atoms with E-state index in [-0.39, 0.29) is 17.9 Å². The van der Waals surface area contributed by atoms with Gasteiger partial charge in [0.1, 0.15) is 11.5 Å². The van der Waals surface area contributed by atoms with Crippen molar-refractivity contribution in [2.75, 3.05) is 6.61 Å². The summed E-state index contributed by atoms with van der Waals surface area (Å²) in [6.45, 7) is 8.27. The highest BCUT2D eigenvalue weighted by Gasteiger charge is 2.54. The molecule has 0 bridgehead atoms. The van der Waals surface area contributed by atoms with Gasteiger partial charge in [-0.2, -0.15) is 0 Å². The summed E-state index contributed by atoms with van der Waals surface area (Å²) >= 11 is 0. The van der Waals surface area contributed by atoms with E-state index in [4.69, 9.17) is 9.47 Å². The van der Waals surface area contributed by atoms with Gasteiger partial charge in [-0.25, -0.2) is 4.79 Å². The number of hydrogen-bond donors (Lipinski definition) is 0. The van der Waals surface area contributed by atoms with Gasteiger partial charge in [-0.15, -0.1) is 0 Å². The normalized spacial score (nSPS) is 21.2. The predicted molar refractivity (Wildman–Crippen MR) is 113 cm³/mol. The summed E-state index contributed by atoms with van der Waals surface area (Å²) in [5.41, 5.74) is 2.41. The molecule has 2 atom stereocenters. The third-order valence-electron chi connectivity index (χ3n) is 5.68. The largest absolute Gasteiger partial charge is 0.465 e. The fraction of sp³-hybridized carbons (Fsp3) is 0.440. The molecule has 0 N–H and O–H groups in total. The molecule has 0 amide bonds. The van der Waals surface area contributed by atoms with Gasteiger partial charge in [0.15, 0.2) is 0 Å². The summed E-state index contributed by atoms with van der Waals surface area (Å²) in [5, 5.41) is 0. The first-order valence-corrected chi connectivity index (χ1v) is 10.4. The average Bonchev–Trinajstić information content (AvgIpc) is 3.11. The van der Waals surface area contributed by atoms with Crippen LogP contribution < -0.4 is 0 Å². The fourth-order valence-corrected chi connectivity index (χ4v) is 4.03. The van der Waals surface area contributed by atoms with Crippen molar-refractivity contribution in [3.63, 3.8) is 0 Å². The lowest BCUT2D eigenvalue weighted by Crippen LogP contribution is -2.46. The van der Waals surface area contributed by atoms with Crippen LogP contribution in [-0.4, -0.2) is 24.6 Å². The number of benzene rings is 2. The minimum atomic E-state index is -0.957. The molecule has 0 spiro atoms. The Kier molecular flexibility index (Phi) is 6.41. The van der Waals surface area contributed by atoms with Gasteiger partial charge in [-0.1, -0.05) is 61.9 Å². The third-order valence-corrected chi connectivity index (χ3v) is 5.68. The topological polar surface area (TPSA) is 52.6 Å². The second-order valence-corrected chi connectivity index (χ2v) is 8.43. The van der Waals surface area contributed by atoms with Crippen LogP contribution in [-0.2, 0) is 19.7 Å². The summed E-state index contributed by atoms with van der Waals surface area (Å²) in [6.07, 6.45) is 1.51. The summed E-state index contributed by atoms with van der Waals surface area (Å²) in [4.78, 5) is 26.2. The Labute approximate surface area is 173 Å². The molecule has 0 aliphatic heterocycles. The maximum absolute atomic E-state index is 13.3. The van der Waals surface area contributed by atoms with Crippen LogP contribution in [0.5, 0.6) is 0 Å². The van der Waals surface area contributed by atoms with Gasteiger partial charge >= 0.3 is 11.9 Å². The standard InChI is InChI=1S/C25H30O4/c1-17(2)16-28-24(27)25(20-13-11-18(3)12-14-20)15-7-10-22(25)29-23(26)21-9-6-5-8-19(21)4/h5-6,8-9,11-14,17,22H,7,10,15-16H2,1-4H3. The lowest BCUT2D eigenvalue weighted by atomic mass is 9.76. The molecule has 154 valence electrons. The van der Waals surface area contributed by atoms with Crippen molar-refractivity contribution < 1.29 is 19.1 Å². The average molecular weight is 395 g/mol. The van der Waals surface area contributed by atoms with Gasteiger partial charge in [0, 0.05) is 0 Å².